The highest BCUT2D eigenvalue weighted by Crippen LogP contribution is 2.26. The summed E-state index contributed by atoms with van der Waals surface area (Å²) in [7, 11) is -3.75. The van der Waals surface area contributed by atoms with Crippen LogP contribution in [0.4, 0.5) is 0 Å². The van der Waals surface area contributed by atoms with Crippen molar-refractivity contribution in [2.24, 2.45) is 0 Å². The molecule has 2 aromatic heterocycles. The molecule has 8 heteroatoms. The molecule has 2 aromatic rings. The Balaban J connectivity index is 2.06. The van der Waals surface area contributed by atoms with Crippen molar-refractivity contribution in [1.29, 1.82) is 0 Å². The minimum absolute atomic E-state index is 0.101. The van der Waals surface area contributed by atoms with Crippen molar-refractivity contribution < 1.29 is 18.6 Å². The van der Waals surface area contributed by atoms with Gasteiger partial charge < -0.3 is 15.2 Å². The SMILES string of the molecule is O=S(=O)(c1c[nH]c2ncccc12)N1C[C@@H](O)[C@@H](O)C1. The van der Waals surface area contributed by atoms with E-state index in [1.807, 2.05) is 0 Å². The molecule has 1 saturated heterocycles. The van der Waals surface area contributed by atoms with Gasteiger partial charge in [0.1, 0.15) is 10.5 Å². The number of H-pyrrole nitrogens is 1. The lowest BCUT2D eigenvalue weighted by Crippen LogP contribution is -2.29. The van der Waals surface area contributed by atoms with E-state index in [1.54, 1.807) is 18.3 Å². The van der Waals surface area contributed by atoms with E-state index in [0.29, 0.717) is 11.0 Å². The van der Waals surface area contributed by atoms with Gasteiger partial charge in [0.15, 0.2) is 0 Å². The van der Waals surface area contributed by atoms with Crippen LogP contribution in [0.3, 0.4) is 0 Å². The zero-order valence-electron chi connectivity index (χ0n) is 9.89. The number of aromatic nitrogens is 2. The van der Waals surface area contributed by atoms with Crippen LogP contribution in [0.15, 0.2) is 29.4 Å². The van der Waals surface area contributed by atoms with Crippen molar-refractivity contribution in [2.45, 2.75) is 17.1 Å². The van der Waals surface area contributed by atoms with Crippen LogP contribution in [0.1, 0.15) is 0 Å². The summed E-state index contributed by atoms with van der Waals surface area (Å²) in [5, 5.41) is 19.4. The van der Waals surface area contributed by atoms with Crippen LogP contribution >= 0.6 is 0 Å². The third-order valence-electron chi connectivity index (χ3n) is 3.26. The molecular formula is C11H13N3O4S. The van der Waals surface area contributed by atoms with Gasteiger partial charge in [-0.2, -0.15) is 4.31 Å². The van der Waals surface area contributed by atoms with Gasteiger partial charge in [0.25, 0.3) is 0 Å². The lowest BCUT2D eigenvalue weighted by Gasteiger charge is -2.14. The summed E-state index contributed by atoms with van der Waals surface area (Å²) in [4.78, 5) is 6.94. The molecule has 0 spiro atoms. The quantitative estimate of drug-likeness (QED) is 0.675. The third kappa shape index (κ3) is 1.93. The Morgan fingerprint density at radius 1 is 1.32 bits per heavy atom. The van der Waals surface area contributed by atoms with Crippen LogP contribution in [-0.2, 0) is 10.0 Å². The van der Waals surface area contributed by atoms with Crippen molar-refractivity contribution in [3.05, 3.63) is 24.5 Å². The molecule has 0 unspecified atom stereocenters. The number of rotatable bonds is 2. The predicted molar refractivity (Wildman–Crippen MR) is 66.9 cm³/mol. The van der Waals surface area contributed by atoms with Crippen LogP contribution in [0.25, 0.3) is 11.0 Å². The second kappa shape index (κ2) is 4.27. The first-order valence-electron chi connectivity index (χ1n) is 5.78. The summed E-state index contributed by atoms with van der Waals surface area (Å²) >= 11 is 0. The van der Waals surface area contributed by atoms with Gasteiger partial charge in [-0.25, -0.2) is 13.4 Å². The number of nitrogens with one attached hydrogen (secondary N) is 1. The Hall–Kier alpha value is -1.48. The number of aliphatic hydroxyl groups is 2. The molecule has 0 aliphatic carbocycles. The molecule has 0 bridgehead atoms. The number of β-amino-alcohol motifs (C(OH)–C–C–N with tert-alkyl or cyclic N) is 2. The number of hydrogen-bond donors (Lipinski definition) is 3. The fourth-order valence-corrected chi connectivity index (χ4v) is 3.84. The average molecular weight is 283 g/mol. The van der Waals surface area contributed by atoms with E-state index < -0.39 is 22.2 Å². The van der Waals surface area contributed by atoms with Crippen LogP contribution in [0, 0.1) is 0 Å². The lowest BCUT2D eigenvalue weighted by molar-refractivity contribution is 0.0572. The highest BCUT2D eigenvalue weighted by atomic mass is 32.2. The maximum absolute atomic E-state index is 12.5. The molecule has 7 nitrogen and oxygen atoms in total. The molecular weight excluding hydrogens is 270 g/mol. The molecule has 0 aromatic carbocycles. The van der Waals surface area contributed by atoms with Crippen molar-refractivity contribution in [3.63, 3.8) is 0 Å². The summed E-state index contributed by atoms with van der Waals surface area (Å²) < 4.78 is 26.0. The third-order valence-corrected chi connectivity index (χ3v) is 5.13. The van der Waals surface area contributed by atoms with E-state index in [9.17, 15) is 18.6 Å². The van der Waals surface area contributed by atoms with Crippen molar-refractivity contribution in [3.8, 4) is 0 Å². The first-order chi connectivity index (χ1) is 9.00. The molecule has 0 radical (unpaired) electrons. The summed E-state index contributed by atoms with van der Waals surface area (Å²) in [6.45, 7) is -0.202. The van der Waals surface area contributed by atoms with E-state index in [2.05, 4.69) is 9.97 Å². The standard InChI is InChI=1S/C11H13N3O4S/c15-8-5-14(6-9(8)16)19(17,18)10-4-13-11-7(10)2-1-3-12-11/h1-4,8-9,15-16H,5-6H2,(H,12,13)/t8-,9+. The van der Waals surface area contributed by atoms with E-state index in [-0.39, 0.29) is 18.0 Å². The molecule has 3 heterocycles. The van der Waals surface area contributed by atoms with Crippen LogP contribution in [-0.4, -0.2) is 58.2 Å². The molecule has 19 heavy (non-hydrogen) atoms. The number of hydrogen-bond acceptors (Lipinski definition) is 5. The second-order valence-corrected chi connectivity index (χ2v) is 6.42. The lowest BCUT2D eigenvalue weighted by atomic mass is 10.3. The summed E-state index contributed by atoms with van der Waals surface area (Å²) in [5.41, 5.74) is 0.487. The minimum atomic E-state index is -3.75. The van der Waals surface area contributed by atoms with Crippen molar-refractivity contribution >= 4 is 21.1 Å². The highest BCUT2D eigenvalue weighted by Gasteiger charge is 2.38. The Morgan fingerprint density at radius 2 is 2.00 bits per heavy atom. The van der Waals surface area contributed by atoms with Gasteiger partial charge in [-0.15, -0.1) is 0 Å². The van der Waals surface area contributed by atoms with Gasteiger partial charge in [0.05, 0.1) is 12.2 Å². The van der Waals surface area contributed by atoms with Gasteiger partial charge in [0, 0.05) is 30.9 Å². The van der Waals surface area contributed by atoms with Gasteiger partial charge >= 0.3 is 0 Å². The number of aliphatic hydroxyl groups excluding tert-OH is 2. The molecule has 0 saturated carbocycles. The highest BCUT2D eigenvalue weighted by molar-refractivity contribution is 7.89. The molecule has 3 rings (SSSR count). The normalized spacial score (nSPS) is 25.2. The smallest absolute Gasteiger partial charge is 0.245 e. The van der Waals surface area contributed by atoms with Crippen LogP contribution in [0.5, 0.6) is 0 Å². The maximum atomic E-state index is 12.5. The maximum Gasteiger partial charge on any atom is 0.245 e. The Labute approximate surface area is 109 Å². The van der Waals surface area contributed by atoms with Crippen LogP contribution in [0.2, 0.25) is 0 Å². The zero-order valence-corrected chi connectivity index (χ0v) is 10.7. The molecule has 1 fully saturated rings. The van der Waals surface area contributed by atoms with E-state index >= 15 is 0 Å². The first kappa shape index (κ1) is 12.5. The zero-order chi connectivity index (χ0) is 13.6. The number of aromatic amines is 1. The topological polar surface area (TPSA) is 107 Å². The number of fused-ring (bicyclic) bond motifs is 1. The molecule has 1 aliphatic heterocycles. The van der Waals surface area contributed by atoms with Crippen LogP contribution < -0.4 is 0 Å². The van der Waals surface area contributed by atoms with E-state index in [4.69, 9.17) is 0 Å². The Morgan fingerprint density at radius 3 is 2.68 bits per heavy atom. The molecule has 2 atom stereocenters. The van der Waals surface area contributed by atoms with Crippen molar-refractivity contribution in [2.75, 3.05) is 13.1 Å². The predicted octanol–water partition coefficient (Wildman–Crippen LogP) is -0.711. The summed E-state index contributed by atoms with van der Waals surface area (Å²) in [6.07, 6.45) is 0.860. The number of sulfonamides is 1. The fourth-order valence-electron chi connectivity index (χ4n) is 2.21. The van der Waals surface area contributed by atoms with E-state index in [1.165, 1.54) is 6.20 Å². The van der Waals surface area contributed by atoms with Gasteiger partial charge in [0.2, 0.25) is 10.0 Å². The Bertz CT molecular complexity index is 702. The average Bonchev–Trinajstić information content (AvgIpc) is 2.94. The molecule has 1 aliphatic rings. The fraction of sp³-hybridized carbons (Fsp3) is 0.364. The molecule has 0 amide bonds. The van der Waals surface area contributed by atoms with Gasteiger partial charge in [-0.1, -0.05) is 0 Å². The Kier molecular flexibility index (Phi) is 2.82. The van der Waals surface area contributed by atoms with Gasteiger partial charge in [-0.05, 0) is 12.1 Å². The molecule has 3 N–H and O–H groups in total. The molecule has 102 valence electrons. The van der Waals surface area contributed by atoms with Gasteiger partial charge in [-0.3, -0.25) is 0 Å². The number of pyridine rings is 1. The number of nitrogens with zero attached hydrogens (tertiary/aromatic N) is 2. The minimum Gasteiger partial charge on any atom is -0.389 e. The monoisotopic (exact) mass is 283 g/mol. The van der Waals surface area contributed by atoms with E-state index in [0.717, 1.165) is 4.31 Å². The summed E-state index contributed by atoms with van der Waals surface area (Å²) in [6, 6.07) is 3.32. The summed E-state index contributed by atoms with van der Waals surface area (Å²) in [5.74, 6) is 0. The first-order valence-corrected chi connectivity index (χ1v) is 7.22. The largest absolute Gasteiger partial charge is 0.389 e. The van der Waals surface area contributed by atoms with Crippen molar-refractivity contribution in [1.82, 2.24) is 14.3 Å². The second-order valence-electron chi connectivity index (χ2n) is 4.51.